The van der Waals surface area contributed by atoms with Crippen LogP contribution in [-0.2, 0) is 4.79 Å². The molecule has 1 amide bonds. The maximum Gasteiger partial charge on any atom is 0.236 e. The molecule has 1 rings (SSSR count). The first-order valence-corrected chi connectivity index (χ1v) is 6.20. The number of hydrogen-bond acceptors (Lipinski definition) is 3. The van der Waals surface area contributed by atoms with Gasteiger partial charge in [-0.1, -0.05) is 13.8 Å². The molecule has 1 saturated carbocycles. The minimum Gasteiger partial charge on any atom is -0.394 e. The van der Waals surface area contributed by atoms with Crippen LogP contribution in [0.1, 0.15) is 39.5 Å². The zero-order valence-corrected chi connectivity index (χ0v) is 10.6. The fourth-order valence-electron chi connectivity index (χ4n) is 1.83. The molecule has 0 bridgehead atoms. The van der Waals surface area contributed by atoms with Gasteiger partial charge in [-0.2, -0.15) is 0 Å². The lowest BCUT2D eigenvalue weighted by molar-refractivity contribution is -0.129. The molecule has 0 aromatic rings. The average Bonchev–Trinajstić information content (AvgIpc) is 3.14. The highest BCUT2D eigenvalue weighted by molar-refractivity contribution is 5.78. The van der Waals surface area contributed by atoms with Crippen molar-refractivity contribution in [2.24, 2.45) is 0 Å². The average molecular weight is 228 g/mol. The Labute approximate surface area is 98.0 Å². The van der Waals surface area contributed by atoms with E-state index in [0.29, 0.717) is 12.6 Å². The lowest BCUT2D eigenvalue weighted by Crippen LogP contribution is -2.51. The van der Waals surface area contributed by atoms with E-state index >= 15 is 0 Å². The van der Waals surface area contributed by atoms with E-state index in [4.69, 9.17) is 0 Å². The normalized spacial score (nSPS) is 16.2. The number of aliphatic hydroxyl groups excluding tert-OH is 1. The highest BCUT2D eigenvalue weighted by Crippen LogP contribution is 2.25. The fraction of sp³-hybridized carbons (Fsp3) is 0.917. The summed E-state index contributed by atoms with van der Waals surface area (Å²) >= 11 is 0. The van der Waals surface area contributed by atoms with Gasteiger partial charge in [-0.3, -0.25) is 4.79 Å². The third-order valence-electron chi connectivity index (χ3n) is 3.76. The van der Waals surface area contributed by atoms with E-state index in [1.165, 1.54) is 0 Å². The third kappa shape index (κ3) is 3.19. The van der Waals surface area contributed by atoms with Crippen molar-refractivity contribution in [3.63, 3.8) is 0 Å². The summed E-state index contributed by atoms with van der Waals surface area (Å²) in [5.74, 6) is 0.127. The third-order valence-corrected chi connectivity index (χ3v) is 3.76. The van der Waals surface area contributed by atoms with Crippen molar-refractivity contribution in [2.45, 2.75) is 51.1 Å². The summed E-state index contributed by atoms with van der Waals surface area (Å²) in [4.78, 5) is 13.6. The minimum absolute atomic E-state index is 0.0838. The van der Waals surface area contributed by atoms with Crippen LogP contribution in [0.25, 0.3) is 0 Å². The van der Waals surface area contributed by atoms with E-state index < -0.39 is 0 Å². The Balaban J connectivity index is 2.38. The summed E-state index contributed by atoms with van der Waals surface area (Å²) in [6.45, 7) is 4.47. The quantitative estimate of drug-likeness (QED) is 0.676. The van der Waals surface area contributed by atoms with Crippen LogP contribution in [0.5, 0.6) is 0 Å². The van der Waals surface area contributed by atoms with Crippen LogP contribution in [0.4, 0.5) is 0 Å². The predicted molar refractivity (Wildman–Crippen MR) is 64.2 cm³/mol. The molecule has 16 heavy (non-hydrogen) atoms. The van der Waals surface area contributed by atoms with Crippen LogP contribution in [0.3, 0.4) is 0 Å². The maximum atomic E-state index is 11.8. The number of hydrogen-bond donors (Lipinski definition) is 2. The van der Waals surface area contributed by atoms with Gasteiger partial charge in [-0.15, -0.1) is 0 Å². The topological polar surface area (TPSA) is 52.6 Å². The standard InChI is InChI=1S/C12H24N2O2/c1-4-12(5-2,9-15)13-8-11(16)14(3)10-6-7-10/h10,13,15H,4-9H2,1-3H3. The number of amides is 1. The summed E-state index contributed by atoms with van der Waals surface area (Å²) in [6.07, 6.45) is 3.94. The number of carbonyl (C=O) groups is 1. The zero-order chi connectivity index (χ0) is 12.2. The molecule has 4 heteroatoms. The molecule has 4 nitrogen and oxygen atoms in total. The van der Waals surface area contributed by atoms with Crippen LogP contribution in [0.15, 0.2) is 0 Å². The molecule has 0 spiro atoms. The lowest BCUT2D eigenvalue weighted by Gasteiger charge is -2.31. The lowest BCUT2D eigenvalue weighted by atomic mass is 9.94. The van der Waals surface area contributed by atoms with Gasteiger partial charge in [0.25, 0.3) is 0 Å². The predicted octanol–water partition coefficient (Wildman–Crippen LogP) is 0.748. The van der Waals surface area contributed by atoms with E-state index in [1.54, 1.807) is 0 Å². The largest absolute Gasteiger partial charge is 0.394 e. The first-order valence-electron chi connectivity index (χ1n) is 6.20. The fourth-order valence-corrected chi connectivity index (χ4v) is 1.83. The van der Waals surface area contributed by atoms with Crippen LogP contribution in [-0.4, -0.2) is 47.7 Å². The number of rotatable bonds is 7. The number of carbonyl (C=O) groups excluding carboxylic acids is 1. The van der Waals surface area contributed by atoms with Gasteiger partial charge in [0.1, 0.15) is 0 Å². The number of nitrogens with one attached hydrogen (secondary N) is 1. The molecular formula is C12H24N2O2. The highest BCUT2D eigenvalue weighted by atomic mass is 16.3. The van der Waals surface area contributed by atoms with Crippen molar-refractivity contribution in [3.05, 3.63) is 0 Å². The van der Waals surface area contributed by atoms with Crippen molar-refractivity contribution >= 4 is 5.91 Å². The van der Waals surface area contributed by atoms with Crippen molar-refractivity contribution in [1.29, 1.82) is 0 Å². The van der Waals surface area contributed by atoms with Gasteiger partial charge in [0.2, 0.25) is 5.91 Å². The van der Waals surface area contributed by atoms with Crippen LogP contribution in [0, 0.1) is 0 Å². The van der Waals surface area contributed by atoms with E-state index in [1.807, 2.05) is 25.8 Å². The summed E-state index contributed by atoms with van der Waals surface area (Å²) in [7, 11) is 1.86. The first-order chi connectivity index (χ1) is 7.58. The van der Waals surface area contributed by atoms with Gasteiger partial charge in [-0.25, -0.2) is 0 Å². The first kappa shape index (κ1) is 13.5. The maximum absolute atomic E-state index is 11.8. The Kier molecular flexibility index (Phi) is 4.74. The van der Waals surface area contributed by atoms with Gasteiger partial charge in [0.05, 0.1) is 13.2 Å². The van der Waals surface area contributed by atoms with Gasteiger partial charge < -0.3 is 15.3 Å². The van der Waals surface area contributed by atoms with E-state index in [-0.39, 0.29) is 18.1 Å². The second-order valence-corrected chi connectivity index (χ2v) is 4.73. The van der Waals surface area contributed by atoms with E-state index in [2.05, 4.69) is 5.32 Å². The van der Waals surface area contributed by atoms with Crippen LogP contribution >= 0.6 is 0 Å². The Bertz CT molecular complexity index is 227. The summed E-state index contributed by atoms with van der Waals surface area (Å²) in [5, 5.41) is 12.6. The molecule has 2 N–H and O–H groups in total. The molecule has 94 valence electrons. The van der Waals surface area contributed by atoms with Crippen LogP contribution < -0.4 is 5.32 Å². The molecule has 0 radical (unpaired) electrons. The molecule has 0 aromatic carbocycles. The molecule has 0 atom stereocenters. The molecule has 0 aromatic heterocycles. The SMILES string of the molecule is CCC(CC)(CO)NCC(=O)N(C)C1CC1. The van der Waals surface area contributed by atoms with Gasteiger partial charge in [-0.05, 0) is 25.7 Å². The smallest absolute Gasteiger partial charge is 0.236 e. The summed E-state index contributed by atoms with van der Waals surface area (Å²) in [6, 6.07) is 0.459. The molecule has 0 aliphatic heterocycles. The molecule has 0 saturated heterocycles. The number of nitrogens with zero attached hydrogens (tertiary/aromatic N) is 1. The number of likely N-dealkylation sites (N-methyl/N-ethyl adjacent to an activating group) is 1. The van der Waals surface area contributed by atoms with Gasteiger partial charge >= 0.3 is 0 Å². The van der Waals surface area contributed by atoms with Gasteiger partial charge in [0, 0.05) is 18.6 Å². The second kappa shape index (κ2) is 5.64. The Morgan fingerprint density at radius 3 is 2.38 bits per heavy atom. The Hall–Kier alpha value is -0.610. The zero-order valence-electron chi connectivity index (χ0n) is 10.6. The van der Waals surface area contributed by atoms with Crippen molar-refractivity contribution in [2.75, 3.05) is 20.2 Å². The Morgan fingerprint density at radius 1 is 1.44 bits per heavy atom. The van der Waals surface area contributed by atoms with Gasteiger partial charge in [0.15, 0.2) is 0 Å². The molecule has 1 aliphatic carbocycles. The molecular weight excluding hydrogens is 204 g/mol. The van der Waals surface area contributed by atoms with E-state index in [0.717, 1.165) is 25.7 Å². The minimum atomic E-state index is -0.292. The van der Waals surface area contributed by atoms with Crippen molar-refractivity contribution in [1.82, 2.24) is 10.2 Å². The van der Waals surface area contributed by atoms with E-state index in [9.17, 15) is 9.90 Å². The monoisotopic (exact) mass is 228 g/mol. The molecule has 1 aliphatic rings. The molecule has 0 heterocycles. The van der Waals surface area contributed by atoms with Crippen molar-refractivity contribution < 1.29 is 9.90 Å². The molecule has 1 fully saturated rings. The Morgan fingerprint density at radius 2 is 2.00 bits per heavy atom. The summed E-state index contributed by atoms with van der Waals surface area (Å²) < 4.78 is 0. The van der Waals surface area contributed by atoms with Crippen molar-refractivity contribution in [3.8, 4) is 0 Å². The summed E-state index contributed by atoms with van der Waals surface area (Å²) in [5.41, 5.74) is -0.292. The van der Waals surface area contributed by atoms with Crippen LogP contribution in [0.2, 0.25) is 0 Å². The molecule has 0 unspecified atom stereocenters. The second-order valence-electron chi connectivity index (χ2n) is 4.73. The highest BCUT2D eigenvalue weighted by Gasteiger charge is 2.31. The number of aliphatic hydroxyl groups is 1.